The van der Waals surface area contributed by atoms with E-state index in [1.165, 1.54) is 54.6 Å². The van der Waals surface area contributed by atoms with Crippen LogP contribution in [0.5, 0.6) is 0 Å². The molecule has 0 saturated carbocycles. The second-order valence-corrected chi connectivity index (χ2v) is 7.49. The van der Waals surface area contributed by atoms with Crippen LogP contribution in [-0.2, 0) is 4.79 Å². The third-order valence-electron chi connectivity index (χ3n) is 4.82. The molecular formula is C22H13Cl2FN2O4. The van der Waals surface area contributed by atoms with E-state index in [0.29, 0.717) is 0 Å². The average molecular weight is 459 g/mol. The van der Waals surface area contributed by atoms with E-state index in [1.807, 2.05) is 0 Å². The van der Waals surface area contributed by atoms with Gasteiger partial charge in [0.15, 0.2) is 0 Å². The molecule has 4 rings (SSSR count). The molecule has 3 aromatic carbocycles. The van der Waals surface area contributed by atoms with E-state index in [4.69, 9.17) is 28.3 Å². The molecule has 1 N–H and O–H groups in total. The minimum atomic E-state index is -1.13. The lowest BCUT2D eigenvalue weighted by molar-refractivity contribution is -0.116. The summed E-state index contributed by atoms with van der Waals surface area (Å²) in [6.45, 7) is -0.391. The van der Waals surface area contributed by atoms with Crippen molar-refractivity contribution in [3.05, 3.63) is 87.7 Å². The van der Waals surface area contributed by atoms with Crippen molar-refractivity contribution in [2.24, 2.45) is 0 Å². The first-order valence-electron chi connectivity index (χ1n) is 9.00. The lowest BCUT2D eigenvalue weighted by atomic mass is 10.1. The smallest absolute Gasteiger partial charge is 0.335 e. The zero-order chi connectivity index (χ0) is 22.3. The first kappa shape index (κ1) is 20.8. The molecule has 0 saturated heterocycles. The molecule has 0 fully saturated rings. The number of anilines is 3. The van der Waals surface area contributed by atoms with Crippen LogP contribution in [0.1, 0.15) is 20.7 Å². The molecule has 0 radical (unpaired) electrons. The largest absolute Gasteiger partial charge is 0.478 e. The molecule has 0 aliphatic carbocycles. The zero-order valence-corrected chi connectivity index (χ0v) is 17.2. The van der Waals surface area contributed by atoms with Crippen molar-refractivity contribution >= 4 is 58.0 Å². The van der Waals surface area contributed by atoms with Gasteiger partial charge in [-0.3, -0.25) is 19.4 Å². The summed E-state index contributed by atoms with van der Waals surface area (Å²) < 4.78 is 14.9. The van der Waals surface area contributed by atoms with Crippen LogP contribution in [0, 0.1) is 5.82 Å². The van der Waals surface area contributed by atoms with E-state index in [-0.39, 0.29) is 38.2 Å². The first-order chi connectivity index (χ1) is 14.8. The summed E-state index contributed by atoms with van der Waals surface area (Å²) >= 11 is 12.3. The highest BCUT2D eigenvalue weighted by atomic mass is 35.5. The van der Waals surface area contributed by atoms with E-state index in [9.17, 15) is 18.8 Å². The van der Waals surface area contributed by atoms with E-state index >= 15 is 0 Å². The Bertz CT molecular complexity index is 1210. The van der Waals surface area contributed by atoms with Crippen LogP contribution >= 0.6 is 23.2 Å². The van der Waals surface area contributed by atoms with Gasteiger partial charge < -0.3 is 5.11 Å². The molecule has 0 atom stereocenters. The standard InChI is InChI=1S/C22H13Cl2FN2O4/c23-14-3-1-4-15(24)19(14)21(29)26-11-18(28)27(20-16(25)5-2-6-17(20)26)13-9-7-12(8-10-13)22(30)31/h1-10H,11H2,(H,30,31). The molecule has 6 nitrogen and oxygen atoms in total. The quantitative estimate of drug-likeness (QED) is 0.588. The number of para-hydroxylation sites is 1. The molecule has 31 heavy (non-hydrogen) atoms. The minimum absolute atomic E-state index is 0.00751. The maximum absolute atomic E-state index is 14.9. The topological polar surface area (TPSA) is 77.9 Å². The summed E-state index contributed by atoms with van der Waals surface area (Å²) in [6, 6.07) is 14.1. The summed E-state index contributed by atoms with van der Waals surface area (Å²) in [5.41, 5.74) is 0.325. The summed E-state index contributed by atoms with van der Waals surface area (Å²) in [5.74, 6) is -3.08. The van der Waals surface area contributed by atoms with Crippen molar-refractivity contribution in [2.75, 3.05) is 16.3 Å². The molecular weight excluding hydrogens is 446 g/mol. The van der Waals surface area contributed by atoms with Gasteiger partial charge in [-0.05, 0) is 48.5 Å². The number of hydrogen-bond donors (Lipinski definition) is 1. The second-order valence-electron chi connectivity index (χ2n) is 6.68. The molecule has 0 bridgehead atoms. The fourth-order valence-corrected chi connectivity index (χ4v) is 3.96. The Morgan fingerprint density at radius 1 is 0.935 bits per heavy atom. The van der Waals surface area contributed by atoms with E-state index in [1.54, 1.807) is 6.07 Å². The normalized spacial score (nSPS) is 13.2. The third kappa shape index (κ3) is 3.62. The number of nitrogens with zero attached hydrogens (tertiary/aromatic N) is 2. The van der Waals surface area contributed by atoms with Gasteiger partial charge in [-0.2, -0.15) is 0 Å². The molecule has 3 aromatic rings. The van der Waals surface area contributed by atoms with Gasteiger partial charge in [0, 0.05) is 5.69 Å². The van der Waals surface area contributed by atoms with E-state index in [0.717, 1.165) is 9.80 Å². The van der Waals surface area contributed by atoms with Gasteiger partial charge in [0.2, 0.25) is 0 Å². The van der Waals surface area contributed by atoms with Gasteiger partial charge in [-0.15, -0.1) is 0 Å². The van der Waals surface area contributed by atoms with Crippen molar-refractivity contribution in [1.29, 1.82) is 0 Å². The first-order valence-corrected chi connectivity index (χ1v) is 9.76. The van der Waals surface area contributed by atoms with Gasteiger partial charge in [0.05, 0.1) is 26.9 Å². The third-order valence-corrected chi connectivity index (χ3v) is 5.45. The summed E-state index contributed by atoms with van der Waals surface area (Å²) in [4.78, 5) is 39.6. The number of amides is 2. The Balaban J connectivity index is 1.83. The summed E-state index contributed by atoms with van der Waals surface area (Å²) in [7, 11) is 0. The maximum atomic E-state index is 14.9. The highest BCUT2D eigenvalue weighted by Crippen LogP contribution is 2.41. The van der Waals surface area contributed by atoms with Crippen LogP contribution in [0.25, 0.3) is 0 Å². The summed E-state index contributed by atoms with van der Waals surface area (Å²) in [5, 5.41) is 9.29. The fraction of sp³-hybridized carbons (Fsp3) is 0.0455. The number of fused-ring (bicyclic) bond motifs is 1. The predicted molar refractivity (Wildman–Crippen MR) is 115 cm³/mol. The maximum Gasteiger partial charge on any atom is 0.335 e. The Morgan fingerprint density at radius 3 is 2.16 bits per heavy atom. The number of carboxylic acids is 1. The fourth-order valence-electron chi connectivity index (χ4n) is 3.40. The van der Waals surface area contributed by atoms with E-state index in [2.05, 4.69) is 0 Å². The molecule has 0 spiro atoms. The molecule has 2 amide bonds. The number of rotatable bonds is 3. The number of hydrogen-bond acceptors (Lipinski definition) is 3. The van der Waals surface area contributed by atoms with Crippen molar-refractivity contribution in [1.82, 2.24) is 0 Å². The highest BCUT2D eigenvalue weighted by Gasteiger charge is 2.37. The van der Waals surface area contributed by atoms with Crippen molar-refractivity contribution in [2.45, 2.75) is 0 Å². The van der Waals surface area contributed by atoms with Crippen molar-refractivity contribution < 1.29 is 23.9 Å². The summed E-state index contributed by atoms with van der Waals surface area (Å²) in [6.07, 6.45) is 0. The Labute approximate surface area is 186 Å². The van der Waals surface area contributed by atoms with Crippen molar-refractivity contribution in [3.63, 3.8) is 0 Å². The number of carbonyl (C=O) groups is 3. The van der Waals surface area contributed by atoms with Gasteiger partial charge >= 0.3 is 5.97 Å². The SMILES string of the molecule is O=C(O)c1ccc(N2C(=O)CN(C(=O)c3c(Cl)cccc3Cl)c3cccc(F)c32)cc1. The lowest BCUT2D eigenvalue weighted by Crippen LogP contribution is -2.47. The average Bonchev–Trinajstić information content (AvgIpc) is 2.73. The van der Waals surface area contributed by atoms with Crippen molar-refractivity contribution in [3.8, 4) is 0 Å². The Kier molecular flexibility index (Phi) is 5.39. The Hall–Kier alpha value is -3.42. The monoisotopic (exact) mass is 458 g/mol. The van der Waals surface area contributed by atoms with Gasteiger partial charge in [0.1, 0.15) is 18.0 Å². The molecule has 0 unspecified atom stereocenters. The highest BCUT2D eigenvalue weighted by molar-refractivity contribution is 6.41. The number of halogens is 3. The molecule has 0 aromatic heterocycles. The van der Waals surface area contributed by atoms with Crippen LogP contribution in [0.4, 0.5) is 21.5 Å². The molecule has 9 heteroatoms. The number of aromatic carboxylic acids is 1. The van der Waals surface area contributed by atoms with Gasteiger partial charge in [-0.1, -0.05) is 35.3 Å². The predicted octanol–water partition coefficient (Wildman–Crippen LogP) is 5.16. The van der Waals surface area contributed by atoms with Crippen LogP contribution in [0.15, 0.2) is 60.7 Å². The Morgan fingerprint density at radius 2 is 1.55 bits per heavy atom. The van der Waals surface area contributed by atoms with Crippen LogP contribution in [-0.4, -0.2) is 29.4 Å². The molecule has 1 aliphatic heterocycles. The molecule has 1 heterocycles. The van der Waals surface area contributed by atoms with Crippen LogP contribution in [0.3, 0.4) is 0 Å². The van der Waals surface area contributed by atoms with Crippen LogP contribution in [0.2, 0.25) is 10.0 Å². The van der Waals surface area contributed by atoms with Crippen LogP contribution < -0.4 is 9.80 Å². The van der Waals surface area contributed by atoms with E-state index < -0.39 is 30.1 Å². The number of carboxylic acid groups (broad SMARTS) is 1. The number of carbonyl (C=O) groups excluding carboxylic acids is 2. The second kappa shape index (κ2) is 8.02. The lowest BCUT2D eigenvalue weighted by Gasteiger charge is -2.36. The van der Waals surface area contributed by atoms with Gasteiger partial charge in [0.25, 0.3) is 11.8 Å². The molecule has 156 valence electrons. The van der Waals surface area contributed by atoms with Gasteiger partial charge in [-0.25, -0.2) is 9.18 Å². The molecule has 1 aliphatic rings. The zero-order valence-electron chi connectivity index (χ0n) is 15.7. The minimum Gasteiger partial charge on any atom is -0.478 e. The number of benzene rings is 3.